The number of sulfonamides is 1. The number of carbonyl (C=O) groups is 1. The van der Waals surface area contributed by atoms with Crippen LogP contribution in [0.15, 0.2) is 29.2 Å². The first-order chi connectivity index (χ1) is 8.38. The first-order valence-electron chi connectivity index (χ1n) is 5.42. The number of nitrogens with one attached hydrogen (secondary N) is 2. The van der Waals surface area contributed by atoms with Gasteiger partial charge in [0.05, 0.1) is 10.5 Å². The van der Waals surface area contributed by atoms with Crippen molar-refractivity contribution < 1.29 is 13.2 Å². The molecule has 2 N–H and O–H groups in total. The molecule has 0 radical (unpaired) electrons. The van der Waals surface area contributed by atoms with Gasteiger partial charge in [0.1, 0.15) is 4.90 Å². The molecule has 100 valence electrons. The maximum atomic E-state index is 11.9. The van der Waals surface area contributed by atoms with E-state index >= 15 is 0 Å². The molecular formula is C11H15BrN2O3S. The summed E-state index contributed by atoms with van der Waals surface area (Å²) in [6.45, 7) is 3.65. The minimum absolute atomic E-state index is 0.0633. The zero-order valence-corrected chi connectivity index (χ0v) is 12.5. The number of halogens is 1. The van der Waals surface area contributed by atoms with Crippen LogP contribution < -0.4 is 10.0 Å². The quantitative estimate of drug-likeness (QED) is 0.805. The largest absolute Gasteiger partial charge is 0.324 e. The minimum Gasteiger partial charge on any atom is -0.324 e. The highest BCUT2D eigenvalue weighted by molar-refractivity contribution is 9.10. The molecule has 1 aromatic rings. The molecule has 0 bridgehead atoms. The summed E-state index contributed by atoms with van der Waals surface area (Å²) in [7, 11) is -3.59. The molecule has 0 saturated carbocycles. The molecule has 0 aromatic heterocycles. The van der Waals surface area contributed by atoms with Gasteiger partial charge in [-0.05, 0) is 19.1 Å². The van der Waals surface area contributed by atoms with Crippen molar-refractivity contribution >= 4 is 37.5 Å². The first-order valence-corrected chi connectivity index (χ1v) is 7.82. The standard InChI is InChI=1S/C11H15BrN2O3S/c1-3-13-18(16,17)10-7-5-4-6-9(10)14-11(15)8(2)12/h4-8,13H,3H2,1-2H3,(H,14,15). The van der Waals surface area contributed by atoms with Gasteiger partial charge in [0.2, 0.25) is 15.9 Å². The molecule has 1 unspecified atom stereocenters. The second-order valence-electron chi connectivity index (χ2n) is 3.60. The van der Waals surface area contributed by atoms with E-state index in [-0.39, 0.29) is 16.5 Å². The minimum atomic E-state index is -3.59. The van der Waals surface area contributed by atoms with Crippen LogP contribution in [0.4, 0.5) is 5.69 Å². The van der Waals surface area contributed by atoms with Gasteiger partial charge in [-0.15, -0.1) is 0 Å². The van der Waals surface area contributed by atoms with Gasteiger partial charge in [0, 0.05) is 6.54 Å². The van der Waals surface area contributed by atoms with E-state index in [1.54, 1.807) is 32.0 Å². The summed E-state index contributed by atoms with van der Waals surface area (Å²) in [4.78, 5) is 11.2. The number of alkyl halides is 1. The SMILES string of the molecule is CCNS(=O)(=O)c1ccccc1NC(=O)C(C)Br. The molecule has 0 heterocycles. The van der Waals surface area contributed by atoms with E-state index in [1.807, 2.05) is 0 Å². The molecule has 1 atom stereocenters. The van der Waals surface area contributed by atoms with Crippen LogP contribution in [0.2, 0.25) is 0 Å². The maximum absolute atomic E-state index is 11.9. The predicted octanol–water partition coefficient (Wildman–Crippen LogP) is 1.71. The molecule has 7 heteroatoms. The normalized spacial score (nSPS) is 13.1. The Labute approximate surface area is 115 Å². The highest BCUT2D eigenvalue weighted by atomic mass is 79.9. The summed E-state index contributed by atoms with van der Waals surface area (Å²) in [5.74, 6) is -0.297. The third-order valence-corrected chi connectivity index (χ3v) is 4.15. The molecule has 1 amide bonds. The predicted molar refractivity (Wildman–Crippen MR) is 74.3 cm³/mol. The van der Waals surface area contributed by atoms with Gasteiger partial charge in [0.25, 0.3) is 0 Å². The lowest BCUT2D eigenvalue weighted by Crippen LogP contribution is -2.26. The van der Waals surface area contributed by atoms with E-state index in [0.29, 0.717) is 6.54 Å². The topological polar surface area (TPSA) is 75.3 Å². The zero-order valence-electron chi connectivity index (χ0n) is 10.1. The average molecular weight is 335 g/mol. The molecule has 0 fully saturated rings. The van der Waals surface area contributed by atoms with E-state index in [1.165, 1.54) is 6.07 Å². The van der Waals surface area contributed by atoms with Gasteiger partial charge in [-0.25, -0.2) is 13.1 Å². The number of hydrogen-bond acceptors (Lipinski definition) is 3. The van der Waals surface area contributed by atoms with Gasteiger partial charge in [0.15, 0.2) is 0 Å². The summed E-state index contributed by atoms with van der Waals surface area (Å²) in [5, 5.41) is 2.57. The summed E-state index contributed by atoms with van der Waals surface area (Å²) < 4.78 is 26.3. The zero-order chi connectivity index (χ0) is 13.8. The molecule has 0 aliphatic heterocycles. The average Bonchev–Trinajstić information content (AvgIpc) is 2.29. The fourth-order valence-electron chi connectivity index (χ4n) is 1.30. The Morgan fingerprint density at radius 3 is 2.56 bits per heavy atom. The first kappa shape index (κ1) is 15.1. The van der Waals surface area contributed by atoms with Crippen molar-refractivity contribution in [3.05, 3.63) is 24.3 Å². The van der Waals surface area contributed by atoms with E-state index in [4.69, 9.17) is 0 Å². The third kappa shape index (κ3) is 3.79. The molecule has 5 nitrogen and oxygen atoms in total. The van der Waals surface area contributed by atoms with Gasteiger partial charge in [-0.3, -0.25) is 4.79 Å². The van der Waals surface area contributed by atoms with Crippen molar-refractivity contribution in [2.75, 3.05) is 11.9 Å². The van der Waals surface area contributed by atoms with Crippen LogP contribution in [0.5, 0.6) is 0 Å². The number of benzene rings is 1. The monoisotopic (exact) mass is 334 g/mol. The van der Waals surface area contributed by atoms with E-state index in [9.17, 15) is 13.2 Å². The molecule has 0 saturated heterocycles. The third-order valence-electron chi connectivity index (χ3n) is 2.13. The Hall–Kier alpha value is -0.920. The van der Waals surface area contributed by atoms with Crippen LogP contribution >= 0.6 is 15.9 Å². The van der Waals surface area contributed by atoms with Crippen molar-refractivity contribution in [3.8, 4) is 0 Å². The fourth-order valence-corrected chi connectivity index (χ4v) is 2.62. The highest BCUT2D eigenvalue weighted by Crippen LogP contribution is 2.21. The second-order valence-corrected chi connectivity index (χ2v) is 6.71. The Morgan fingerprint density at radius 1 is 1.39 bits per heavy atom. The van der Waals surface area contributed by atoms with E-state index in [2.05, 4.69) is 26.0 Å². The molecule has 0 aliphatic carbocycles. The number of hydrogen-bond donors (Lipinski definition) is 2. The molecule has 1 rings (SSSR count). The van der Waals surface area contributed by atoms with Crippen molar-refractivity contribution in [2.24, 2.45) is 0 Å². The highest BCUT2D eigenvalue weighted by Gasteiger charge is 2.19. The number of anilines is 1. The lowest BCUT2D eigenvalue weighted by Gasteiger charge is -2.12. The Bertz CT molecular complexity index is 529. The van der Waals surface area contributed by atoms with Crippen LogP contribution in [0.1, 0.15) is 13.8 Å². The summed E-state index contributed by atoms with van der Waals surface area (Å²) in [6, 6.07) is 6.28. The van der Waals surface area contributed by atoms with Gasteiger partial charge in [-0.2, -0.15) is 0 Å². The van der Waals surface area contributed by atoms with Crippen LogP contribution in [-0.2, 0) is 14.8 Å². The Morgan fingerprint density at radius 2 is 2.00 bits per heavy atom. The van der Waals surface area contributed by atoms with Gasteiger partial charge in [-0.1, -0.05) is 35.0 Å². The van der Waals surface area contributed by atoms with Crippen molar-refractivity contribution in [3.63, 3.8) is 0 Å². The maximum Gasteiger partial charge on any atom is 0.242 e. The Balaban J connectivity index is 3.11. The number of rotatable bonds is 5. The van der Waals surface area contributed by atoms with Gasteiger partial charge >= 0.3 is 0 Å². The number of para-hydroxylation sites is 1. The smallest absolute Gasteiger partial charge is 0.242 e. The van der Waals surface area contributed by atoms with Crippen LogP contribution in [0.3, 0.4) is 0 Å². The molecule has 0 spiro atoms. The molecule has 0 aliphatic rings. The van der Waals surface area contributed by atoms with Crippen molar-refractivity contribution in [1.29, 1.82) is 0 Å². The molecule has 18 heavy (non-hydrogen) atoms. The lowest BCUT2D eigenvalue weighted by molar-refractivity contribution is -0.115. The lowest BCUT2D eigenvalue weighted by atomic mass is 10.3. The molecular weight excluding hydrogens is 320 g/mol. The summed E-state index contributed by atoms with van der Waals surface area (Å²) in [6.07, 6.45) is 0. The van der Waals surface area contributed by atoms with Crippen molar-refractivity contribution in [2.45, 2.75) is 23.6 Å². The van der Waals surface area contributed by atoms with Crippen LogP contribution in [-0.4, -0.2) is 25.7 Å². The van der Waals surface area contributed by atoms with Gasteiger partial charge < -0.3 is 5.32 Å². The van der Waals surface area contributed by atoms with E-state index < -0.39 is 14.9 Å². The number of amides is 1. The van der Waals surface area contributed by atoms with Crippen LogP contribution in [0.25, 0.3) is 0 Å². The van der Waals surface area contributed by atoms with Crippen LogP contribution in [0, 0.1) is 0 Å². The fraction of sp³-hybridized carbons (Fsp3) is 0.364. The number of carbonyl (C=O) groups excluding carboxylic acids is 1. The second kappa shape index (κ2) is 6.31. The Kier molecular flexibility index (Phi) is 5.30. The summed E-state index contributed by atoms with van der Waals surface area (Å²) in [5.41, 5.74) is 0.273. The molecule has 1 aromatic carbocycles. The van der Waals surface area contributed by atoms with Crippen molar-refractivity contribution in [1.82, 2.24) is 4.72 Å². The summed E-state index contributed by atoms with van der Waals surface area (Å²) >= 11 is 3.13. The van der Waals surface area contributed by atoms with E-state index in [0.717, 1.165) is 0 Å².